The van der Waals surface area contributed by atoms with Gasteiger partial charge in [-0.05, 0) is 60.0 Å². The van der Waals surface area contributed by atoms with Gasteiger partial charge in [-0.25, -0.2) is 0 Å². The standard InChI is InChI=1S/C24H17F3N2O/c1-15-12-17-8-11-19(13-22(17)28-14-15)29-23(30)21-5-3-2-4-20(21)16-6-9-18(10-7-16)24(25,26)27/h2-14H,1H3,(H,29,30). The van der Waals surface area contributed by atoms with Crippen molar-refractivity contribution >= 4 is 22.5 Å². The Hall–Kier alpha value is -3.67. The van der Waals surface area contributed by atoms with Crippen LogP contribution in [-0.2, 0) is 6.18 Å². The van der Waals surface area contributed by atoms with Crippen LogP contribution in [0.4, 0.5) is 18.9 Å². The summed E-state index contributed by atoms with van der Waals surface area (Å²) in [4.78, 5) is 17.3. The lowest BCUT2D eigenvalue weighted by atomic mass is 9.98. The van der Waals surface area contributed by atoms with Gasteiger partial charge in [0.05, 0.1) is 11.1 Å². The van der Waals surface area contributed by atoms with Crippen molar-refractivity contribution < 1.29 is 18.0 Å². The second-order valence-corrected chi connectivity index (χ2v) is 6.99. The lowest BCUT2D eigenvalue weighted by Crippen LogP contribution is -2.13. The Morgan fingerprint density at radius 3 is 2.40 bits per heavy atom. The molecule has 1 N–H and O–H groups in total. The van der Waals surface area contributed by atoms with Crippen molar-refractivity contribution in [2.75, 3.05) is 5.32 Å². The fourth-order valence-corrected chi connectivity index (χ4v) is 3.28. The van der Waals surface area contributed by atoms with E-state index in [1.165, 1.54) is 12.1 Å². The second kappa shape index (κ2) is 7.63. The van der Waals surface area contributed by atoms with E-state index in [1.807, 2.05) is 19.1 Å². The number of nitrogens with one attached hydrogen (secondary N) is 1. The molecule has 0 aliphatic heterocycles. The van der Waals surface area contributed by atoms with Crippen molar-refractivity contribution in [3.63, 3.8) is 0 Å². The van der Waals surface area contributed by atoms with Crippen LogP contribution < -0.4 is 5.32 Å². The molecule has 0 saturated heterocycles. The van der Waals surface area contributed by atoms with Gasteiger partial charge >= 0.3 is 6.18 Å². The number of alkyl halides is 3. The van der Waals surface area contributed by atoms with Gasteiger partial charge < -0.3 is 5.32 Å². The molecule has 1 amide bonds. The fraction of sp³-hybridized carbons (Fsp3) is 0.0833. The molecule has 0 unspecified atom stereocenters. The molecule has 6 heteroatoms. The molecule has 4 aromatic rings. The number of benzene rings is 3. The lowest BCUT2D eigenvalue weighted by Gasteiger charge is -2.12. The minimum Gasteiger partial charge on any atom is -0.322 e. The Morgan fingerprint density at radius 2 is 1.67 bits per heavy atom. The van der Waals surface area contributed by atoms with E-state index in [4.69, 9.17) is 0 Å². The van der Waals surface area contributed by atoms with Gasteiger partial charge in [-0.3, -0.25) is 9.78 Å². The van der Waals surface area contributed by atoms with Crippen LogP contribution in [0.3, 0.4) is 0 Å². The van der Waals surface area contributed by atoms with Gasteiger partial charge in [0.15, 0.2) is 0 Å². The summed E-state index contributed by atoms with van der Waals surface area (Å²) in [5.74, 6) is -0.350. The highest BCUT2D eigenvalue weighted by Gasteiger charge is 2.30. The zero-order valence-electron chi connectivity index (χ0n) is 16.0. The second-order valence-electron chi connectivity index (χ2n) is 6.99. The zero-order chi connectivity index (χ0) is 21.3. The van der Waals surface area contributed by atoms with Crippen LogP contribution in [0, 0.1) is 6.92 Å². The highest BCUT2D eigenvalue weighted by molar-refractivity contribution is 6.09. The van der Waals surface area contributed by atoms with E-state index in [0.29, 0.717) is 22.4 Å². The molecule has 30 heavy (non-hydrogen) atoms. The molecule has 3 nitrogen and oxygen atoms in total. The van der Waals surface area contributed by atoms with Crippen molar-refractivity contribution in [2.24, 2.45) is 0 Å². The van der Waals surface area contributed by atoms with Crippen LogP contribution in [0.2, 0.25) is 0 Å². The summed E-state index contributed by atoms with van der Waals surface area (Å²) in [6, 6.07) is 19.1. The van der Waals surface area contributed by atoms with E-state index in [9.17, 15) is 18.0 Å². The molecule has 0 saturated carbocycles. The molecule has 0 bridgehead atoms. The monoisotopic (exact) mass is 406 g/mol. The molecule has 3 aromatic carbocycles. The van der Waals surface area contributed by atoms with Crippen molar-refractivity contribution in [1.82, 2.24) is 4.98 Å². The number of hydrogen-bond donors (Lipinski definition) is 1. The molecule has 150 valence electrons. The number of rotatable bonds is 3. The minimum absolute atomic E-state index is 0.350. The first-order valence-electron chi connectivity index (χ1n) is 9.26. The van der Waals surface area contributed by atoms with E-state index in [1.54, 1.807) is 42.6 Å². The molecule has 0 fully saturated rings. The first-order chi connectivity index (χ1) is 14.3. The van der Waals surface area contributed by atoms with Crippen LogP contribution in [0.5, 0.6) is 0 Å². The Morgan fingerprint density at radius 1 is 0.933 bits per heavy atom. The average Bonchev–Trinajstić information content (AvgIpc) is 2.73. The summed E-state index contributed by atoms with van der Waals surface area (Å²) in [5.41, 5.74) is 3.12. The zero-order valence-corrected chi connectivity index (χ0v) is 16.0. The summed E-state index contributed by atoms with van der Waals surface area (Å²) < 4.78 is 38.5. The highest BCUT2D eigenvalue weighted by atomic mass is 19.4. The summed E-state index contributed by atoms with van der Waals surface area (Å²) in [6.07, 6.45) is -2.65. The highest BCUT2D eigenvalue weighted by Crippen LogP contribution is 2.32. The lowest BCUT2D eigenvalue weighted by molar-refractivity contribution is -0.137. The largest absolute Gasteiger partial charge is 0.416 e. The summed E-state index contributed by atoms with van der Waals surface area (Å²) in [5, 5.41) is 3.82. The summed E-state index contributed by atoms with van der Waals surface area (Å²) >= 11 is 0. The van der Waals surface area contributed by atoms with E-state index in [2.05, 4.69) is 10.3 Å². The number of pyridine rings is 1. The SMILES string of the molecule is Cc1cnc2cc(NC(=O)c3ccccc3-c3ccc(C(F)(F)F)cc3)ccc2c1. The number of aryl methyl sites for hydroxylation is 1. The normalized spacial score (nSPS) is 11.5. The molecule has 0 aliphatic rings. The van der Waals surface area contributed by atoms with Gasteiger partial charge in [0, 0.05) is 22.8 Å². The van der Waals surface area contributed by atoms with Gasteiger partial charge in [-0.1, -0.05) is 36.4 Å². The molecule has 1 aromatic heterocycles. The maximum atomic E-state index is 12.9. The summed E-state index contributed by atoms with van der Waals surface area (Å²) in [7, 11) is 0. The third-order valence-corrected chi connectivity index (χ3v) is 4.77. The maximum Gasteiger partial charge on any atom is 0.416 e. The molecule has 0 radical (unpaired) electrons. The molecular weight excluding hydrogens is 389 g/mol. The molecular formula is C24H17F3N2O. The van der Waals surface area contributed by atoms with Gasteiger partial charge in [0.2, 0.25) is 0 Å². The smallest absolute Gasteiger partial charge is 0.322 e. The average molecular weight is 406 g/mol. The Kier molecular flexibility index (Phi) is 4.99. The van der Waals surface area contributed by atoms with Crippen LogP contribution >= 0.6 is 0 Å². The van der Waals surface area contributed by atoms with Crippen molar-refractivity contribution in [3.8, 4) is 11.1 Å². The van der Waals surface area contributed by atoms with E-state index >= 15 is 0 Å². The van der Waals surface area contributed by atoms with Crippen LogP contribution in [-0.4, -0.2) is 10.9 Å². The van der Waals surface area contributed by atoms with Gasteiger partial charge in [-0.2, -0.15) is 13.2 Å². The number of nitrogens with zero attached hydrogens (tertiary/aromatic N) is 1. The van der Waals surface area contributed by atoms with Crippen LogP contribution in [0.1, 0.15) is 21.5 Å². The number of aromatic nitrogens is 1. The molecule has 0 spiro atoms. The van der Waals surface area contributed by atoms with E-state index < -0.39 is 11.7 Å². The quantitative estimate of drug-likeness (QED) is 0.423. The minimum atomic E-state index is -4.40. The Bertz CT molecular complexity index is 1230. The number of carbonyl (C=O) groups is 1. The number of halogens is 3. The number of anilines is 1. The van der Waals surface area contributed by atoms with Gasteiger partial charge in [0.1, 0.15) is 0 Å². The summed E-state index contributed by atoms with van der Waals surface area (Å²) in [6.45, 7) is 1.96. The first-order valence-corrected chi connectivity index (χ1v) is 9.26. The van der Waals surface area contributed by atoms with E-state index in [-0.39, 0.29) is 5.91 Å². The third kappa shape index (κ3) is 4.03. The Balaban J connectivity index is 1.63. The third-order valence-electron chi connectivity index (χ3n) is 4.77. The van der Waals surface area contributed by atoms with Gasteiger partial charge in [0.25, 0.3) is 5.91 Å². The molecule has 4 rings (SSSR count). The number of carbonyl (C=O) groups excluding carboxylic acids is 1. The van der Waals surface area contributed by atoms with Gasteiger partial charge in [-0.15, -0.1) is 0 Å². The van der Waals surface area contributed by atoms with Crippen molar-refractivity contribution in [1.29, 1.82) is 0 Å². The number of hydrogen-bond acceptors (Lipinski definition) is 2. The van der Waals surface area contributed by atoms with Crippen molar-refractivity contribution in [2.45, 2.75) is 13.1 Å². The topological polar surface area (TPSA) is 42.0 Å². The predicted octanol–water partition coefficient (Wildman–Crippen LogP) is 6.48. The first kappa shape index (κ1) is 19.6. The van der Waals surface area contributed by atoms with Crippen LogP contribution in [0.25, 0.3) is 22.0 Å². The van der Waals surface area contributed by atoms with Crippen molar-refractivity contribution in [3.05, 3.63) is 95.7 Å². The van der Waals surface area contributed by atoms with Crippen LogP contribution in [0.15, 0.2) is 79.0 Å². The number of amides is 1. The Labute approximate surface area is 171 Å². The molecule has 1 heterocycles. The van der Waals surface area contributed by atoms with E-state index in [0.717, 1.165) is 28.6 Å². The maximum absolute atomic E-state index is 12.9. The predicted molar refractivity (Wildman–Crippen MR) is 111 cm³/mol. The fourth-order valence-electron chi connectivity index (χ4n) is 3.28. The molecule has 0 atom stereocenters. The number of fused-ring (bicyclic) bond motifs is 1. The molecule has 0 aliphatic carbocycles.